The highest BCUT2D eigenvalue weighted by Gasteiger charge is 2.50. The monoisotopic (exact) mass is 446 g/mol. The van der Waals surface area contributed by atoms with E-state index in [2.05, 4.69) is 22.0 Å². The van der Waals surface area contributed by atoms with Crippen molar-refractivity contribution < 1.29 is 17.9 Å². The van der Waals surface area contributed by atoms with Gasteiger partial charge in [-0.25, -0.2) is 13.2 Å². The third-order valence-electron chi connectivity index (χ3n) is 7.78. The molecule has 0 spiro atoms. The van der Waals surface area contributed by atoms with Crippen molar-refractivity contribution in [1.82, 2.24) is 10.2 Å². The van der Waals surface area contributed by atoms with E-state index in [1.54, 1.807) is 12.1 Å². The molecule has 4 unspecified atom stereocenters. The van der Waals surface area contributed by atoms with Crippen LogP contribution >= 0.6 is 0 Å². The lowest BCUT2D eigenvalue weighted by Gasteiger charge is -2.39. The van der Waals surface area contributed by atoms with Crippen LogP contribution in [0, 0.1) is 41.1 Å². The van der Waals surface area contributed by atoms with E-state index < -0.39 is 17.5 Å². The Kier molecular flexibility index (Phi) is 5.84. The second-order valence-corrected chi connectivity index (χ2v) is 9.63. The van der Waals surface area contributed by atoms with Gasteiger partial charge in [-0.15, -0.1) is 10.2 Å². The topological polar surface area (TPSA) is 64.3 Å². The molecule has 0 bridgehead atoms. The summed E-state index contributed by atoms with van der Waals surface area (Å²) in [7, 11) is 0. The van der Waals surface area contributed by atoms with Gasteiger partial charge in [0.25, 0.3) is 0 Å². The summed E-state index contributed by atoms with van der Waals surface area (Å²) in [5.41, 5.74) is 6.20. The number of rotatable bonds is 4. The smallest absolute Gasteiger partial charge is 0.168 e. The molecule has 8 heteroatoms. The van der Waals surface area contributed by atoms with E-state index in [0.29, 0.717) is 35.8 Å². The van der Waals surface area contributed by atoms with E-state index in [1.165, 1.54) is 0 Å². The Morgan fingerprint density at radius 1 is 1.09 bits per heavy atom. The van der Waals surface area contributed by atoms with E-state index in [-0.39, 0.29) is 17.3 Å². The quantitative estimate of drug-likeness (QED) is 0.715. The molecule has 2 N–H and O–H groups in total. The van der Waals surface area contributed by atoms with Gasteiger partial charge in [0, 0.05) is 43.5 Å². The number of hydrogen-bond acceptors (Lipinski definition) is 5. The maximum Gasteiger partial charge on any atom is 0.168 e. The zero-order valence-electron chi connectivity index (χ0n) is 18.2. The van der Waals surface area contributed by atoms with Gasteiger partial charge in [0.15, 0.2) is 17.5 Å². The van der Waals surface area contributed by atoms with Crippen molar-refractivity contribution in [3.8, 4) is 11.3 Å². The molecule has 2 aliphatic heterocycles. The SMILES string of the molecule is C[C@@H](C1CCOCC1)C1C2CC(N)CC2CN1c1ccc(-c2cc(F)cc(F)c2F)nn1. The second-order valence-electron chi connectivity index (χ2n) is 9.63. The lowest BCUT2D eigenvalue weighted by atomic mass is 9.76. The molecule has 5 nitrogen and oxygen atoms in total. The van der Waals surface area contributed by atoms with E-state index in [1.807, 2.05) is 0 Å². The molecule has 5 atom stereocenters. The van der Waals surface area contributed by atoms with Crippen LogP contribution < -0.4 is 10.6 Å². The first kappa shape index (κ1) is 21.6. The molecular weight excluding hydrogens is 417 g/mol. The fourth-order valence-corrected chi connectivity index (χ4v) is 6.24. The molecule has 3 aliphatic rings. The lowest BCUT2D eigenvalue weighted by Crippen LogP contribution is -2.43. The van der Waals surface area contributed by atoms with Gasteiger partial charge in [-0.1, -0.05) is 6.92 Å². The van der Waals surface area contributed by atoms with E-state index >= 15 is 0 Å². The van der Waals surface area contributed by atoms with Crippen molar-refractivity contribution >= 4 is 5.82 Å². The average molecular weight is 447 g/mol. The number of benzene rings is 1. The highest BCUT2D eigenvalue weighted by molar-refractivity contribution is 5.61. The summed E-state index contributed by atoms with van der Waals surface area (Å²) in [5, 5.41) is 8.51. The zero-order valence-corrected chi connectivity index (χ0v) is 18.2. The molecule has 1 aromatic heterocycles. The minimum atomic E-state index is -1.24. The maximum absolute atomic E-state index is 14.2. The molecule has 1 saturated carbocycles. The van der Waals surface area contributed by atoms with Crippen LogP contribution in [0.5, 0.6) is 0 Å². The predicted octanol–water partition coefficient (Wildman–Crippen LogP) is 4.17. The van der Waals surface area contributed by atoms with E-state index in [4.69, 9.17) is 10.5 Å². The van der Waals surface area contributed by atoms with Crippen molar-refractivity contribution in [3.63, 3.8) is 0 Å². The molecule has 0 amide bonds. The molecule has 1 aliphatic carbocycles. The highest BCUT2D eigenvalue weighted by atomic mass is 19.2. The Labute approximate surface area is 186 Å². The van der Waals surface area contributed by atoms with Gasteiger partial charge in [0.05, 0.1) is 5.69 Å². The van der Waals surface area contributed by atoms with Gasteiger partial charge >= 0.3 is 0 Å². The summed E-state index contributed by atoms with van der Waals surface area (Å²) >= 11 is 0. The Morgan fingerprint density at radius 2 is 1.88 bits per heavy atom. The van der Waals surface area contributed by atoms with Crippen LogP contribution in [0.2, 0.25) is 0 Å². The van der Waals surface area contributed by atoms with Gasteiger partial charge < -0.3 is 15.4 Å². The van der Waals surface area contributed by atoms with Crippen LogP contribution in [-0.2, 0) is 4.74 Å². The van der Waals surface area contributed by atoms with Crippen LogP contribution in [0.3, 0.4) is 0 Å². The van der Waals surface area contributed by atoms with Crippen molar-refractivity contribution in [2.45, 2.75) is 44.7 Å². The standard InChI is InChI=1S/C24H29F3N4O/c1-13(14-4-6-32-7-5-14)24-18-11-17(28)8-15(18)12-31(24)22-3-2-21(29-30-22)19-9-16(25)10-20(26)23(19)27/h2-3,9-10,13-15,17-18,24H,4-8,11-12,28H2,1H3/t13-,15?,17?,18?,24?/m0/s1. The molecule has 172 valence electrons. The van der Waals surface area contributed by atoms with Crippen LogP contribution in [0.25, 0.3) is 11.3 Å². The van der Waals surface area contributed by atoms with Crippen molar-refractivity contribution in [2.75, 3.05) is 24.7 Å². The Bertz CT molecular complexity index is 966. The number of fused-ring (bicyclic) bond motifs is 1. The molecule has 3 fully saturated rings. The van der Waals surface area contributed by atoms with Gasteiger partial charge in [-0.3, -0.25) is 0 Å². The summed E-state index contributed by atoms with van der Waals surface area (Å²) in [6.45, 7) is 4.80. The number of ether oxygens (including phenoxy) is 1. The normalized spacial score (nSPS) is 29.3. The number of hydrogen-bond donors (Lipinski definition) is 1. The summed E-state index contributed by atoms with van der Waals surface area (Å²) in [6.07, 6.45) is 4.14. The van der Waals surface area contributed by atoms with Crippen molar-refractivity contribution in [2.24, 2.45) is 29.4 Å². The second kappa shape index (κ2) is 8.63. The maximum atomic E-state index is 14.2. The number of anilines is 1. The van der Waals surface area contributed by atoms with E-state index in [0.717, 1.165) is 57.3 Å². The Hall–Kier alpha value is -2.19. The number of nitrogens with zero attached hydrogens (tertiary/aromatic N) is 3. The number of aromatic nitrogens is 2. The average Bonchev–Trinajstić information content (AvgIpc) is 3.32. The minimum absolute atomic E-state index is 0.111. The summed E-state index contributed by atoms with van der Waals surface area (Å²) in [4.78, 5) is 2.33. The van der Waals surface area contributed by atoms with Crippen LogP contribution in [0.15, 0.2) is 24.3 Å². The first-order valence-electron chi connectivity index (χ1n) is 11.5. The third-order valence-corrected chi connectivity index (χ3v) is 7.78. The molecule has 0 radical (unpaired) electrons. The molecule has 1 aromatic carbocycles. The summed E-state index contributed by atoms with van der Waals surface area (Å²) in [5.74, 6) is -0.410. The van der Waals surface area contributed by atoms with Crippen molar-refractivity contribution in [3.05, 3.63) is 41.7 Å². The van der Waals surface area contributed by atoms with Crippen LogP contribution in [0.4, 0.5) is 19.0 Å². The van der Waals surface area contributed by atoms with Gasteiger partial charge in [0.2, 0.25) is 0 Å². The minimum Gasteiger partial charge on any atom is -0.381 e. The molecule has 2 saturated heterocycles. The fraction of sp³-hybridized carbons (Fsp3) is 0.583. The molecular formula is C24H29F3N4O. The molecule has 32 heavy (non-hydrogen) atoms. The fourth-order valence-electron chi connectivity index (χ4n) is 6.24. The lowest BCUT2D eigenvalue weighted by molar-refractivity contribution is 0.0418. The zero-order chi connectivity index (χ0) is 22.4. The first-order chi connectivity index (χ1) is 15.4. The highest BCUT2D eigenvalue weighted by Crippen LogP contribution is 2.47. The summed E-state index contributed by atoms with van der Waals surface area (Å²) in [6, 6.07) is 5.40. The third kappa shape index (κ3) is 3.88. The largest absolute Gasteiger partial charge is 0.381 e. The van der Waals surface area contributed by atoms with Gasteiger partial charge in [0.1, 0.15) is 5.82 Å². The molecule has 3 heterocycles. The Balaban J connectivity index is 1.43. The van der Waals surface area contributed by atoms with E-state index in [9.17, 15) is 13.2 Å². The molecule has 5 rings (SSSR count). The molecule has 2 aromatic rings. The van der Waals surface area contributed by atoms with Crippen LogP contribution in [0.1, 0.15) is 32.6 Å². The number of nitrogens with two attached hydrogens (primary N) is 1. The van der Waals surface area contributed by atoms with Crippen LogP contribution in [-0.4, -0.2) is 42.0 Å². The van der Waals surface area contributed by atoms with Crippen molar-refractivity contribution in [1.29, 1.82) is 0 Å². The first-order valence-corrected chi connectivity index (χ1v) is 11.5. The number of halogens is 3. The van der Waals surface area contributed by atoms with Gasteiger partial charge in [-0.05, 0) is 67.6 Å². The predicted molar refractivity (Wildman–Crippen MR) is 115 cm³/mol. The van der Waals surface area contributed by atoms with Gasteiger partial charge in [-0.2, -0.15) is 0 Å². The Morgan fingerprint density at radius 3 is 2.59 bits per heavy atom. The summed E-state index contributed by atoms with van der Waals surface area (Å²) < 4.78 is 47.0.